The minimum absolute atomic E-state index is 0.00690. The lowest BCUT2D eigenvalue weighted by Crippen LogP contribution is -2.26. The standard InChI is InChI=1S/C24H22BrN5O2/c1-30(21(31)10-11-32-2)18-8-6-15(7-9-18)20-13-19(16-4-3-5-17(25)12-16)22-23(26)27-14-28-24(22)29-20/h3-9,12-14H,10-11H2,1-2H3,(H2,26,27,28,29). The number of halogens is 1. The average Bonchev–Trinajstić information content (AvgIpc) is 2.81. The summed E-state index contributed by atoms with van der Waals surface area (Å²) in [5, 5.41) is 0.717. The number of nitrogens with zero attached hydrogens (tertiary/aromatic N) is 4. The summed E-state index contributed by atoms with van der Waals surface area (Å²) < 4.78 is 5.96. The molecule has 0 spiro atoms. The number of carbonyl (C=O) groups is 1. The molecule has 0 radical (unpaired) electrons. The maximum atomic E-state index is 12.3. The van der Waals surface area contributed by atoms with E-state index in [0.717, 1.165) is 37.9 Å². The molecule has 162 valence electrons. The second-order valence-corrected chi connectivity index (χ2v) is 8.18. The molecule has 4 rings (SSSR count). The zero-order chi connectivity index (χ0) is 22.7. The van der Waals surface area contributed by atoms with E-state index in [1.54, 1.807) is 19.1 Å². The Morgan fingerprint density at radius 2 is 1.88 bits per heavy atom. The third kappa shape index (κ3) is 4.46. The Morgan fingerprint density at radius 1 is 1.09 bits per heavy atom. The number of fused-ring (bicyclic) bond motifs is 1. The molecule has 2 N–H and O–H groups in total. The van der Waals surface area contributed by atoms with Crippen LogP contribution in [-0.4, -0.2) is 41.6 Å². The van der Waals surface area contributed by atoms with E-state index < -0.39 is 0 Å². The van der Waals surface area contributed by atoms with E-state index in [4.69, 9.17) is 15.5 Å². The molecule has 0 aliphatic rings. The van der Waals surface area contributed by atoms with Crippen LogP contribution < -0.4 is 10.6 Å². The molecule has 0 unspecified atom stereocenters. The normalized spacial score (nSPS) is 11.0. The summed E-state index contributed by atoms with van der Waals surface area (Å²) in [6, 6.07) is 17.7. The Labute approximate surface area is 194 Å². The molecule has 0 aliphatic carbocycles. The third-order valence-corrected chi connectivity index (χ3v) is 5.71. The summed E-state index contributed by atoms with van der Waals surface area (Å²) in [5.74, 6) is 0.378. The van der Waals surface area contributed by atoms with Gasteiger partial charge in [0.15, 0.2) is 5.65 Å². The van der Waals surface area contributed by atoms with Crippen molar-refractivity contribution in [3.63, 3.8) is 0 Å². The van der Waals surface area contributed by atoms with Gasteiger partial charge in [0, 0.05) is 29.9 Å². The van der Waals surface area contributed by atoms with Crippen molar-refractivity contribution in [1.29, 1.82) is 0 Å². The summed E-state index contributed by atoms with van der Waals surface area (Å²) in [5.41, 5.74) is 11.1. The molecule has 32 heavy (non-hydrogen) atoms. The number of methoxy groups -OCH3 is 1. The first kappa shape index (κ1) is 21.9. The number of nitrogen functional groups attached to an aromatic ring is 1. The number of hydrogen-bond donors (Lipinski definition) is 1. The fourth-order valence-corrected chi connectivity index (χ4v) is 3.88. The highest BCUT2D eigenvalue weighted by Gasteiger charge is 2.15. The quantitative estimate of drug-likeness (QED) is 0.419. The van der Waals surface area contributed by atoms with Crippen LogP contribution in [0.2, 0.25) is 0 Å². The van der Waals surface area contributed by atoms with Crippen LogP contribution in [-0.2, 0) is 9.53 Å². The number of anilines is 2. The summed E-state index contributed by atoms with van der Waals surface area (Å²) in [4.78, 5) is 27.1. The van der Waals surface area contributed by atoms with Crippen LogP contribution in [0.1, 0.15) is 6.42 Å². The molecule has 7 nitrogen and oxygen atoms in total. The second-order valence-electron chi connectivity index (χ2n) is 7.27. The third-order valence-electron chi connectivity index (χ3n) is 5.21. The SMILES string of the molecule is COCCC(=O)N(C)c1ccc(-c2cc(-c3cccc(Br)c3)c3c(N)ncnc3n2)cc1. The molecule has 8 heteroatoms. The lowest BCUT2D eigenvalue weighted by atomic mass is 9.99. The Balaban J connectivity index is 1.76. The molecule has 0 fully saturated rings. The van der Waals surface area contributed by atoms with Gasteiger partial charge in [0.2, 0.25) is 5.91 Å². The van der Waals surface area contributed by atoms with E-state index in [9.17, 15) is 4.79 Å². The van der Waals surface area contributed by atoms with Gasteiger partial charge < -0.3 is 15.4 Å². The molecule has 2 aromatic heterocycles. The van der Waals surface area contributed by atoms with Crippen molar-refractivity contribution in [2.45, 2.75) is 6.42 Å². The number of aromatic nitrogens is 3. The van der Waals surface area contributed by atoms with E-state index in [1.165, 1.54) is 6.33 Å². The Bertz CT molecular complexity index is 1280. The van der Waals surface area contributed by atoms with Gasteiger partial charge in [-0.3, -0.25) is 4.79 Å². The maximum absolute atomic E-state index is 12.3. The number of nitrogens with two attached hydrogens (primary N) is 1. The average molecular weight is 492 g/mol. The molecule has 0 bridgehead atoms. The molecule has 0 saturated carbocycles. The molecule has 4 aromatic rings. The summed E-state index contributed by atoms with van der Waals surface area (Å²) in [6.45, 7) is 0.394. The molecular formula is C24H22BrN5O2. The predicted octanol–water partition coefficient (Wildman–Crippen LogP) is 4.70. The maximum Gasteiger partial charge on any atom is 0.229 e. The van der Waals surface area contributed by atoms with Crippen molar-refractivity contribution in [2.75, 3.05) is 31.4 Å². The number of amides is 1. The molecule has 0 aliphatic heterocycles. The van der Waals surface area contributed by atoms with Crippen LogP contribution in [0.15, 0.2) is 65.4 Å². The van der Waals surface area contributed by atoms with Crippen molar-refractivity contribution in [3.05, 3.63) is 65.4 Å². The van der Waals surface area contributed by atoms with Crippen LogP contribution in [0, 0.1) is 0 Å². The van der Waals surface area contributed by atoms with E-state index in [0.29, 0.717) is 24.5 Å². The fraction of sp³-hybridized carbons (Fsp3) is 0.167. The van der Waals surface area contributed by atoms with Crippen LogP contribution in [0.5, 0.6) is 0 Å². The molecule has 0 atom stereocenters. The Kier molecular flexibility index (Phi) is 6.43. The lowest BCUT2D eigenvalue weighted by Gasteiger charge is -2.17. The first-order valence-electron chi connectivity index (χ1n) is 10.0. The Morgan fingerprint density at radius 3 is 2.59 bits per heavy atom. The van der Waals surface area contributed by atoms with Gasteiger partial charge in [-0.15, -0.1) is 0 Å². The van der Waals surface area contributed by atoms with Gasteiger partial charge in [-0.05, 0) is 41.5 Å². The number of benzene rings is 2. The molecule has 2 heterocycles. The largest absolute Gasteiger partial charge is 0.384 e. The minimum atomic E-state index is -0.00690. The van der Waals surface area contributed by atoms with Gasteiger partial charge >= 0.3 is 0 Å². The van der Waals surface area contributed by atoms with E-state index >= 15 is 0 Å². The van der Waals surface area contributed by atoms with Gasteiger partial charge in [0.25, 0.3) is 0 Å². The predicted molar refractivity (Wildman–Crippen MR) is 130 cm³/mol. The van der Waals surface area contributed by atoms with Crippen molar-refractivity contribution in [2.24, 2.45) is 0 Å². The second kappa shape index (κ2) is 9.42. The van der Waals surface area contributed by atoms with Crippen molar-refractivity contribution in [3.8, 4) is 22.4 Å². The zero-order valence-electron chi connectivity index (χ0n) is 17.7. The number of hydrogen-bond acceptors (Lipinski definition) is 6. The molecule has 2 aromatic carbocycles. The fourth-order valence-electron chi connectivity index (χ4n) is 3.48. The zero-order valence-corrected chi connectivity index (χ0v) is 19.3. The van der Waals surface area contributed by atoms with Gasteiger partial charge in [-0.1, -0.05) is 40.2 Å². The number of pyridine rings is 1. The van der Waals surface area contributed by atoms with Crippen molar-refractivity contribution >= 4 is 44.4 Å². The highest BCUT2D eigenvalue weighted by atomic mass is 79.9. The van der Waals surface area contributed by atoms with Gasteiger partial charge in [0.05, 0.1) is 24.1 Å². The molecular weight excluding hydrogens is 470 g/mol. The highest BCUT2D eigenvalue weighted by molar-refractivity contribution is 9.10. The smallest absolute Gasteiger partial charge is 0.229 e. The van der Waals surface area contributed by atoms with E-state index in [2.05, 4.69) is 25.9 Å². The van der Waals surface area contributed by atoms with Gasteiger partial charge in [-0.25, -0.2) is 15.0 Å². The number of carbonyl (C=O) groups excluding carboxylic acids is 1. The van der Waals surface area contributed by atoms with Gasteiger partial charge in [0.1, 0.15) is 12.1 Å². The van der Waals surface area contributed by atoms with E-state index in [-0.39, 0.29) is 5.91 Å². The summed E-state index contributed by atoms with van der Waals surface area (Å²) in [6.07, 6.45) is 1.75. The lowest BCUT2D eigenvalue weighted by molar-refractivity contribution is -0.119. The number of ether oxygens (including phenoxy) is 1. The monoisotopic (exact) mass is 491 g/mol. The van der Waals surface area contributed by atoms with Crippen LogP contribution in [0.4, 0.5) is 11.5 Å². The van der Waals surface area contributed by atoms with Crippen LogP contribution >= 0.6 is 15.9 Å². The first-order valence-corrected chi connectivity index (χ1v) is 10.8. The first-order chi connectivity index (χ1) is 15.5. The summed E-state index contributed by atoms with van der Waals surface area (Å²) in [7, 11) is 3.34. The van der Waals surface area contributed by atoms with Crippen LogP contribution in [0.3, 0.4) is 0 Å². The number of rotatable bonds is 6. The summed E-state index contributed by atoms with van der Waals surface area (Å²) >= 11 is 3.54. The van der Waals surface area contributed by atoms with E-state index in [1.807, 2.05) is 54.6 Å². The minimum Gasteiger partial charge on any atom is -0.384 e. The van der Waals surface area contributed by atoms with Gasteiger partial charge in [-0.2, -0.15) is 0 Å². The topological polar surface area (TPSA) is 94.2 Å². The molecule has 0 saturated heterocycles. The van der Waals surface area contributed by atoms with Crippen LogP contribution in [0.25, 0.3) is 33.4 Å². The Hall–Kier alpha value is -3.36. The van der Waals surface area contributed by atoms with Crippen molar-refractivity contribution < 1.29 is 9.53 Å². The molecule has 1 amide bonds. The highest BCUT2D eigenvalue weighted by Crippen LogP contribution is 2.35. The van der Waals surface area contributed by atoms with Crippen molar-refractivity contribution in [1.82, 2.24) is 15.0 Å².